The van der Waals surface area contributed by atoms with Crippen LogP contribution in [-0.4, -0.2) is 38.7 Å². The first-order valence-electron chi connectivity index (χ1n) is 5.59. The number of aromatic nitrogens is 4. The maximum atomic E-state index is 5.65. The second kappa shape index (κ2) is 3.85. The van der Waals surface area contributed by atoms with Gasteiger partial charge in [-0.15, -0.1) is 0 Å². The molecular weight excluding hydrogens is 220 g/mol. The van der Waals surface area contributed by atoms with Crippen molar-refractivity contribution in [3.8, 4) is 0 Å². The van der Waals surface area contributed by atoms with Gasteiger partial charge in [-0.2, -0.15) is 9.97 Å². The summed E-state index contributed by atoms with van der Waals surface area (Å²) in [5.41, 5.74) is 7.00. The third kappa shape index (κ3) is 1.78. The predicted molar refractivity (Wildman–Crippen MR) is 63.5 cm³/mol. The fourth-order valence-corrected chi connectivity index (χ4v) is 2.05. The van der Waals surface area contributed by atoms with Crippen LogP contribution in [0, 0.1) is 0 Å². The van der Waals surface area contributed by atoms with E-state index in [9.17, 15) is 0 Å². The van der Waals surface area contributed by atoms with Crippen molar-refractivity contribution in [1.82, 2.24) is 19.9 Å². The first-order chi connectivity index (χ1) is 8.24. The SMILES string of the molecule is CC1OCCC1Nc1nc(N)nc2nc[nH]c12. The van der Waals surface area contributed by atoms with E-state index in [1.165, 1.54) is 0 Å². The number of nitrogen functional groups attached to an aromatic ring is 1. The van der Waals surface area contributed by atoms with Gasteiger partial charge < -0.3 is 20.8 Å². The van der Waals surface area contributed by atoms with Crippen LogP contribution in [-0.2, 0) is 4.74 Å². The molecule has 0 saturated carbocycles. The van der Waals surface area contributed by atoms with Gasteiger partial charge in [-0.1, -0.05) is 0 Å². The van der Waals surface area contributed by atoms with Gasteiger partial charge in [-0.25, -0.2) is 4.98 Å². The van der Waals surface area contributed by atoms with Gasteiger partial charge in [0.25, 0.3) is 0 Å². The number of rotatable bonds is 2. The fraction of sp³-hybridized carbons (Fsp3) is 0.500. The second-order valence-corrected chi connectivity index (χ2v) is 4.15. The van der Waals surface area contributed by atoms with Crippen LogP contribution in [0.3, 0.4) is 0 Å². The minimum absolute atomic E-state index is 0.171. The largest absolute Gasteiger partial charge is 0.376 e. The number of H-pyrrole nitrogens is 1. The van der Waals surface area contributed by atoms with Crippen LogP contribution in [0.2, 0.25) is 0 Å². The zero-order chi connectivity index (χ0) is 11.8. The monoisotopic (exact) mass is 234 g/mol. The molecule has 0 aromatic carbocycles. The zero-order valence-electron chi connectivity index (χ0n) is 9.47. The summed E-state index contributed by atoms with van der Waals surface area (Å²) in [6.07, 6.45) is 2.71. The number of aromatic amines is 1. The maximum Gasteiger partial charge on any atom is 0.224 e. The van der Waals surface area contributed by atoms with Gasteiger partial charge in [0.05, 0.1) is 18.5 Å². The van der Waals surface area contributed by atoms with Gasteiger partial charge in [0.1, 0.15) is 5.52 Å². The summed E-state index contributed by atoms with van der Waals surface area (Å²) in [5, 5.41) is 3.33. The fourth-order valence-electron chi connectivity index (χ4n) is 2.05. The molecule has 0 aliphatic carbocycles. The molecule has 1 aliphatic heterocycles. The second-order valence-electron chi connectivity index (χ2n) is 4.15. The average Bonchev–Trinajstić information content (AvgIpc) is 2.88. The van der Waals surface area contributed by atoms with Crippen molar-refractivity contribution < 1.29 is 4.74 Å². The minimum atomic E-state index is 0.171. The number of hydrogen-bond acceptors (Lipinski definition) is 6. The molecular formula is C10H14N6O. The standard InChI is InChI=1S/C10H14N6O/c1-5-6(2-3-17-5)14-9-7-8(13-4-12-7)15-10(11)16-9/h4-6H,2-3H2,1H3,(H4,11,12,13,14,15,16). The number of ether oxygens (including phenoxy) is 1. The Labute approximate surface area is 97.8 Å². The van der Waals surface area contributed by atoms with E-state index in [4.69, 9.17) is 10.5 Å². The maximum absolute atomic E-state index is 5.65. The topological polar surface area (TPSA) is 102 Å². The van der Waals surface area contributed by atoms with Crippen LogP contribution in [0.1, 0.15) is 13.3 Å². The number of nitrogens with zero attached hydrogens (tertiary/aromatic N) is 3. The summed E-state index contributed by atoms with van der Waals surface area (Å²) in [7, 11) is 0. The number of nitrogens with one attached hydrogen (secondary N) is 2. The van der Waals surface area contributed by atoms with Gasteiger partial charge >= 0.3 is 0 Å². The number of fused-ring (bicyclic) bond motifs is 1. The predicted octanol–water partition coefficient (Wildman–Crippen LogP) is 0.524. The molecule has 1 saturated heterocycles. The summed E-state index contributed by atoms with van der Waals surface area (Å²) < 4.78 is 5.50. The molecule has 7 heteroatoms. The van der Waals surface area contributed by atoms with Crippen molar-refractivity contribution >= 4 is 22.9 Å². The molecule has 3 rings (SSSR count). The molecule has 3 heterocycles. The quantitative estimate of drug-likeness (QED) is 0.700. The number of nitrogens with two attached hydrogens (primary N) is 1. The van der Waals surface area contributed by atoms with Gasteiger partial charge in [0.2, 0.25) is 5.95 Å². The third-order valence-corrected chi connectivity index (χ3v) is 3.00. The molecule has 2 aromatic heterocycles. The lowest BCUT2D eigenvalue weighted by molar-refractivity contribution is 0.121. The lowest BCUT2D eigenvalue weighted by atomic mass is 10.1. The van der Waals surface area contributed by atoms with Gasteiger partial charge in [-0.3, -0.25) is 0 Å². The van der Waals surface area contributed by atoms with Crippen molar-refractivity contribution in [3.05, 3.63) is 6.33 Å². The highest BCUT2D eigenvalue weighted by Crippen LogP contribution is 2.22. The van der Waals surface area contributed by atoms with E-state index in [0.717, 1.165) is 18.5 Å². The van der Waals surface area contributed by atoms with Crippen molar-refractivity contribution in [1.29, 1.82) is 0 Å². The van der Waals surface area contributed by atoms with Gasteiger partial charge in [0.15, 0.2) is 11.5 Å². The summed E-state index contributed by atoms with van der Waals surface area (Å²) in [4.78, 5) is 15.3. The molecule has 2 atom stereocenters. The molecule has 0 spiro atoms. The Kier molecular flexibility index (Phi) is 2.32. The number of anilines is 2. The van der Waals surface area contributed by atoms with Crippen LogP contribution in [0.5, 0.6) is 0 Å². The van der Waals surface area contributed by atoms with Crippen LogP contribution >= 0.6 is 0 Å². The van der Waals surface area contributed by atoms with E-state index in [0.29, 0.717) is 11.5 Å². The van der Waals surface area contributed by atoms with E-state index in [1.54, 1.807) is 6.33 Å². The highest BCUT2D eigenvalue weighted by atomic mass is 16.5. The van der Waals surface area contributed by atoms with Gasteiger partial charge in [-0.05, 0) is 13.3 Å². The van der Waals surface area contributed by atoms with Crippen LogP contribution in [0.4, 0.5) is 11.8 Å². The van der Waals surface area contributed by atoms with Gasteiger partial charge in [0, 0.05) is 6.61 Å². The Morgan fingerprint density at radius 2 is 2.41 bits per heavy atom. The van der Waals surface area contributed by atoms with Crippen molar-refractivity contribution in [2.45, 2.75) is 25.5 Å². The molecule has 4 N–H and O–H groups in total. The molecule has 90 valence electrons. The Balaban J connectivity index is 1.96. The molecule has 2 aromatic rings. The Morgan fingerprint density at radius 1 is 1.53 bits per heavy atom. The minimum Gasteiger partial charge on any atom is -0.376 e. The average molecular weight is 234 g/mol. The summed E-state index contributed by atoms with van der Waals surface area (Å²) in [6.45, 7) is 2.81. The highest BCUT2D eigenvalue weighted by molar-refractivity contribution is 5.83. The van der Waals surface area contributed by atoms with Crippen molar-refractivity contribution in [2.24, 2.45) is 0 Å². The zero-order valence-corrected chi connectivity index (χ0v) is 9.47. The molecule has 1 fully saturated rings. The lowest BCUT2D eigenvalue weighted by Crippen LogP contribution is -2.27. The Morgan fingerprint density at radius 3 is 3.18 bits per heavy atom. The van der Waals surface area contributed by atoms with E-state index >= 15 is 0 Å². The molecule has 2 unspecified atom stereocenters. The summed E-state index contributed by atoms with van der Waals surface area (Å²) in [6, 6.07) is 0.246. The highest BCUT2D eigenvalue weighted by Gasteiger charge is 2.25. The number of imidazole rings is 1. The Bertz CT molecular complexity index is 539. The van der Waals surface area contributed by atoms with Crippen molar-refractivity contribution in [3.63, 3.8) is 0 Å². The Hall–Kier alpha value is -1.89. The first kappa shape index (κ1) is 10.3. The molecule has 17 heavy (non-hydrogen) atoms. The van der Waals surface area contributed by atoms with Crippen LogP contribution < -0.4 is 11.1 Å². The van der Waals surface area contributed by atoms with E-state index in [2.05, 4.69) is 25.3 Å². The summed E-state index contributed by atoms with van der Waals surface area (Å²) >= 11 is 0. The smallest absolute Gasteiger partial charge is 0.224 e. The molecule has 0 radical (unpaired) electrons. The molecule has 0 bridgehead atoms. The normalized spacial score (nSPS) is 24.3. The van der Waals surface area contributed by atoms with E-state index in [-0.39, 0.29) is 18.1 Å². The van der Waals surface area contributed by atoms with Crippen LogP contribution in [0.25, 0.3) is 11.2 Å². The van der Waals surface area contributed by atoms with E-state index < -0.39 is 0 Å². The van der Waals surface area contributed by atoms with E-state index in [1.807, 2.05) is 6.92 Å². The van der Waals surface area contributed by atoms with Crippen LogP contribution in [0.15, 0.2) is 6.33 Å². The lowest BCUT2D eigenvalue weighted by Gasteiger charge is -2.16. The summed E-state index contributed by atoms with van der Waals surface area (Å²) in [5.74, 6) is 0.908. The number of hydrogen-bond donors (Lipinski definition) is 3. The molecule has 1 aliphatic rings. The first-order valence-corrected chi connectivity index (χ1v) is 5.59. The molecule has 7 nitrogen and oxygen atoms in total. The molecule has 0 amide bonds. The third-order valence-electron chi connectivity index (χ3n) is 3.00. The van der Waals surface area contributed by atoms with Crippen molar-refractivity contribution in [2.75, 3.05) is 17.7 Å².